The highest BCUT2D eigenvalue weighted by atomic mass is 16.5. The molecule has 4 atom stereocenters. The van der Waals surface area contributed by atoms with Crippen LogP contribution in [0.5, 0.6) is 0 Å². The van der Waals surface area contributed by atoms with E-state index in [1.165, 1.54) is 0 Å². The van der Waals surface area contributed by atoms with E-state index in [1.54, 1.807) is 0 Å². The predicted molar refractivity (Wildman–Crippen MR) is 60.0 cm³/mol. The molecule has 16 heavy (non-hydrogen) atoms. The van der Waals surface area contributed by atoms with Gasteiger partial charge in [0.1, 0.15) is 0 Å². The van der Waals surface area contributed by atoms with Gasteiger partial charge in [-0.15, -0.1) is 0 Å². The topological polar surface area (TPSA) is 84.9 Å². The summed E-state index contributed by atoms with van der Waals surface area (Å²) in [5.41, 5.74) is 5.78. The van der Waals surface area contributed by atoms with Crippen molar-refractivity contribution in [1.82, 2.24) is 10.1 Å². The maximum absolute atomic E-state index is 10.9. The van der Waals surface area contributed by atoms with E-state index in [0.29, 0.717) is 18.3 Å². The fraction of sp³-hybridized carbons (Fsp3) is 0.818. The highest BCUT2D eigenvalue weighted by molar-refractivity contribution is 4.99. The van der Waals surface area contributed by atoms with Gasteiger partial charge < -0.3 is 5.73 Å². The van der Waals surface area contributed by atoms with Crippen molar-refractivity contribution < 1.29 is 4.52 Å². The number of nitrogens with two attached hydrogens (primary N) is 1. The molecule has 0 spiro atoms. The fourth-order valence-corrected chi connectivity index (χ4v) is 2.77. The van der Waals surface area contributed by atoms with E-state index in [9.17, 15) is 4.79 Å². The molecule has 5 nitrogen and oxygen atoms in total. The van der Waals surface area contributed by atoms with E-state index in [1.807, 2.05) is 0 Å². The monoisotopic (exact) mass is 225 g/mol. The Labute approximate surface area is 94.4 Å². The lowest BCUT2D eigenvalue weighted by Gasteiger charge is -2.18. The molecule has 0 aromatic carbocycles. The molecule has 1 unspecified atom stereocenters. The Bertz CT molecular complexity index is 388. The molecule has 1 aromatic rings. The lowest BCUT2D eigenvalue weighted by Crippen LogP contribution is -2.22. The normalized spacial score (nSPS) is 31.8. The van der Waals surface area contributed by atoms with E-state index in [0.717, 1.165) is 24.7 Å². The molecule has 1 heterocycles. The molecule has 1 aromatic heterocycles. The second kappa shape index (κ2) is 4.41. The van der Waals surface area contributed by atoms with Gasteiger partial charge in [0, 0.05) is 12.5 Å². The maximum Gasteiger partial charge on any atom is 0.438 e. The van der Waals surface area contributed by atoms with E-state index in [2.05, 4.69) is 28.5 Å². The SMILES string of the molecule is C[C@@H]1CC([C@@H](CN)c2noc(=O)[nH]2)C[C@@H]1C. The van der Waals surface area contributed by atoms with Crippen molar-refractivity contribution in [3.8, 4) is 0 Å². The van der Waals surface area contributed by atoms with Gasteiger partial charge in [0.25, 0.3) is 0 Å². The Hall–Kier alpha value is -1.10. The average molecular weight is 225 g/mol. The van der Waals surface area contributed by atoms with E-state index < -0.39 is 5.76 Å². The van der Waals surface area contributed by atoms with Gasteiger partial charge in [-0.3, -0.25) is 9.51 Å². The van der Waals surface area contributed by atoms with Crippen molar-refractivity contribution in [3.63, 3.8) is 0 Å². The molecule has 0 saturated heterocycles. The number of rotatable bonds is 3. The highest BCUT2D eigenvalue weighted by Crippen LogP contribution is 2.42. The van der Waals surface area contributed by atoms with E-state index >= 15 is 0 Å². The Kier molecular flexibility index (Phi) is 3.14. The molecular formula is C11H19N3O2. The lowest BCUT2D eigenvalue weighted by atomic mass is 9.89. The zero-order valence-electron chi connectivity index (χ0n) is 9.77. The molecule has 5 heteroatoms. The molecule has 3 N–H and O–H groups in total. The van der Waals surface area contributed by atoms with Gasteiger partial charge >= 0.3 is 5.76 Å². The van der Waals surface area contributed by atoms with Crippen molar-refractivity contribution in [3.05, 3.63) is 16.4 Å². The number of aromatic nitrogens is 2. The molecule has 90 valence electrons. The quantitative estimate of drug-likeness (QED) is 0.806. The first-order valence-corrected chi connectivity index (χ1v) is 5.87. The lowest BCUT2D eigenvalue weighted by molar-refractivity contribution is 0.356. The van der Waals surface area contributed by atoms with Gasteiger partial charge in [0.15, 0.2) is 5.82 Å². The minimum Gasteiger partial charge on any atom is -0.330 e. The van der Waals surface area contributed by atoms with Crippen LogP contribution in [0.15, 0.2) is 9.32 Å². The smallest absolute Gasteiger partial charge is 0.330 e. The first-order chi connectivity index (χ1) is 7.61. The van der Waals surface area contributed by atoms with E-state index in [-0.39, 0.29) is 5.92 Å². The van der Waals surface area contributed by atoms with Gasteiger partial charge in [-0.05, 0) is 30.6 Å². The maximum atomic E-state index is 10.9. The van der Waals surface area contributed by atoms with Gasteiger partial charge in [-0.25, -0.2) is 4.79 Å². The highest BCUT2D eigenvalue weighted by Gasteiger charge is 2.35. The van der Waals surface area contributed by atoms with Crippen LogP contribution in [0.4, 0.5) is 0 Å². The predicted octanol–water partition coefficient (Wildman–Crippen LogP) is 1.09. The second-order valence-corrected chi connectivity index (χ2v) is 5.01. The summed E-state index contributed by atoms with van der Waals surface area (Å²) < 4.78 is 4.54. The average Bonchev–Trinajstić information content (AvgIpc) is 2.77. The number of H-pyrrole nitrogens is 1. The molecule has 0 aliphatic heterocycles. The van der Waals surface area contributed by atoms with Crippen molar-refractivity contribution in [2.45, 2.75) is 32.6 Å². The van der Waals surface area contributed by atoms with Crippen LogP contribution in [0.2, 0.25) is 0 Å². The minimum atomic E-state index is -0.493. The van der Waals surface area contributed by atoms with Crippen molar-refractivity contribution in [2.24, 2.45) is 23.5 Å². The third-order valence-electron chi connectivity index (χ3n) is 3.95. The second-order valence-electron chi connectivity index (χ2n) is 5.01. The van der Waals surface area contributed by atoms with E-state index in [4.69, 9.17) is 5.73 Å². The summed E-state index contributed by atoms with van der Waals surface area (Å²) in [7, 11) is 0. The van der Waals surface area contributed by atoms with Crippen LogP contribution in [0.25, 0.3) is 0 Å². The molecule has 0 radical (unpaired) electrons. The van der Waals surface area contributed by atoms with Gasteiger partial charge in [-0.1, -0.05) is 19.0 Å². The largest absolute Gasteiger partial charge is 0.438 e. The Morgan fingerprint density at radius 1 is 1.50 bits per heavy atom. The molecule has 1 fully saturated rings. The molecule has 0 amide bonds. The van der Waals surface area contributed by atoms with Gasteiger partial charge in [0.2, 0.25) is 0 Å². The van der Waals surface area contributed by atoms with Crippen LogP contribution in [-0.4, -0.2) is 16.7 Å². The molecular weight excluding hydrogens is 206 g/mol. The summed E-state index contributed by atoms with van der Waals surface area (Å²) in [6, 6.07) is 0. The number of nitrogens with one attached hydrogen (secondary N) is 1. The number of aromatic amines is 1. The zero-order valence-corrected chi connectivity index (χ0v) is 9.77. The summed E-state index contributed by atoms with van der Waals surface area (Å²) in [6.45, 7) is 5.04. The Morgan fingerprint density at radius 2 is 2.12 bits per heavy atom. The summed E-state index contributed by atoms with van der Waals surface area (Å²) in [5.74, 6) is 2.19. The zero-order chi connectivity index (χ0) is 11.7. The molecule has 1 saturated carbocycles. The van der Waals surface area contributed by atoms with Gasteiger partial charge in [-0.2, -0.15) is 0 Å². The third-order valence-corrected chi connectivity index (χ3v) is 3.95. The first kappa shape index (κ1) is 11.4. The van der Waals surface area contributed by atoms with Crippen LogP contribution in [0.1, 0.15) is 38.4 Å². The summed E-state index contributed by atoms with van der Waals surface area (Å²) in [4.78, 5) is 13.5. The minimum absolute atomic E-state index is 0.124. The fourth-order valence-electron chi connectivity index (χ4n) is 2.77. The molecule has 1 aliphatic carbocycles. The summed E-state index contributed by atoms with van der Waals surface area (Å²) in [5, 5.41) is 3.76. The number of hydrogen-bond acceptors (Lipinski definition) is 4. The molecule has 0 bridgehead atoms. The van der Waals surface area contributed by atoms with Crippen LogP contribution in [-0.2, 0) is 0 Å². The third kappa shape index (κ3) is 2.04. The standard InChI is InChI=1S/C11H19N3O2/c1-6-3-8(4-7(6)2)9(5-12)10-13-11(15)16-14-10/h6-9H,3-5,12H2,1-2H3,(H,13,14,15)/t6-,7+,8?,9-/m1/s1. The van der Waals surface area contributed by atoms with Gasteiger partial charge in [0.05, 0.1) is 0 Å². The Balaban J connectivity index is 2.15. The Morgan fingerprint density at radius 3 is 2.56 bits per heavy atom. The van der Waals surface area contributed by atoms with Crippen LogP contribution >= 0.6 is 0 Å². The molecule has 1 aliphatic rings. The van der Waals surface area contributed by atoms with Crippen molar-refractivity contribution in [2.75, 3.05) is 6.54 Å². The van der Waals surface area contributed by atoms with Crippen molar-refractivity contribution >= 4 is 0 Å². The number of nitrogens with zero attached hydrogens (tertiary/aromatic N) is 1. The van der Waals surface area contributed by atoms with Crippen LogP contribution in [0.3, 0.4) is 0 Å². The van der Waals surface area contributed by atoms with Crippen molar-refractivity contribution in [1.29, 1.82) is 0 Å². The number of hydrogen-bond donors (Lipinski definition) is 2. The summed E-state index contributed by atoms with van der Waals surface area (Å²) in [6.07, 6.45) is 2.30. The van der Waals surface area contributed by atoms with Crippen LogP contribution in [0, 0.1) is 17.8 Å². The summed E-state index contributed by atoms with van der Waals surface area (Å²) >= 11 is 0. The molecule has 2 rings (SSSR count). The van der Waals surface area contributed by atoms with Crippen LogP contribution < -0.4 is 11.5 Å². The first-order valence-electron chi connectivity index (χ1n) is 5.87.